The smallest absolute Gasteiger partial charge is 0.265 e. The summed E-state index contributed by atoms with van der Waals surface area (Å²) in [7, 11) is 0. The molecule has 0 saturated carbocycles. The molecule has 1 aromatic heterocycles. The van der Waals surface area contributed by atoms with Gasteiger partial charge in [-0.3, -0.25) is 9.59 Å². The highest BCUT2D eigenvalue weighted by molar-refractivity contribution is 7.08. The molecule has 0 aliphatic rings. The number of rotatable bonds is 5. The fraction of sp³-hybridized carbons (Fsp3) is 0.636. The van der Waals surface area contributed by atoms with Gasteiger partial charge >= 0.3 is 0 Å². The molecule has 0 bridgehead atoms. The Kier molecular flexibility index (Phi) is 4.74. The summed E-state index contributed by atoms with van der Waals surface area (Å²) in [5, 5.41) is 6.53. The summed E-state index contributed by atoms with van der Waals surface area (Å²) >= 11 is 1.06. The third-order valence-electron chi connectivity index (χ3n) is 2.33. The highest BCUT2D eigenvalue weighted by atomic mass is 32.1. The number of hydrogen-bond donors (Lipinski definition) is 1. The number of carbonyl (C=O) groups excluding carboxylic acids is 2. The maximum absolute atomic E-state index is 11.8. The Morgan fingerprint density at radius 2 is 1.94 bits per heavy atom. The Morgan fingerprint density at radius 3 is 2.47 bits per heavy atom. The quantitative estimate of drug-likeness (QED) is 0.867. The molecule has 0 spiro atoms. The van der Waals surface area contributed by atoms with Gasteiger partial charge in [0.1, 0.15) is 4.88 Å². The highest BCUT2D eigenvalue weighted by Crippen LogP contribution is 2.19. The van der Waals surface area contributed by atoms with E-state index in [1.807, 2.05) is 27.7 Å². The Balaban J connectivity index is 2.64. The summed E-state index contributed by atoms with van der Waals surface area (Å²) in [6.45, 7) is 7.58. The van der Waals surface area contributed by atoms with E-state index in [1.54, 1.807) is 0 Å². The monoisotopic (exact) mass is 255 g/mol. The highest BCUT2D eigenvalue weighted by Gasteiger charge is 2.19. The molecular weight excluding hydrogens is 238 g/mol. The molecule has 1 N–H and O–H groups in total. The van der Waals surface area contributed by atoms with Crippen LogP contribution in [0.25, 0.3) is 0 Å². The second-order valence-electron chi connectivity index (χ2n) is 4.45. The zero-order valence-electron chi connectivity index (χ0n) is 10.5. The van der Waals surface area contributed by atoms with Gasteiger partial charge in [0.15, 0.2) is 5.78 Å². The van der Waals surface area contributed by atoms with Crippen molar-refractivity contribution in [3.63, 3.8) is 0 Å². The number of ketones is 1. The zero-order valence-corrected chi connectivity index (χ0v) is 11.3. The number of Topliss-reactive ketones (excluding diaryl/α,β-unsaturated/α-hetero) is 1. The van der Waals surface area contributed by atoms with Crippen LogP contribution < -0.4 is 5.32 Å². The molecule has 17 heavy (non-hydrogen) atoms. The van der Waals surface area contributed by atoms with Crippen molar-refractivity contribution in [2.75, 3.05) is 6.54 Å². The molecule has 5 nitrogen and oxygen atoms in total. The fourth-order valence-electron chi connectivity index (χ4n) is 1.18. The van der Waals surface area contributed by atoms with Gasteiger partial charge in [0.2, 0.25) is 0 Å². The van der Waals surface area contributed by atoms with Gasteiger partial charge < -0.3 is 5.32 Å². The fourth-order valence-corrected chi connectivity index (χ4v) is 1.92. The minimum atomic E-state index is -0.266. The zero-order chi connectivity index (χ0) is 13.0. The van der Waals surface area contributed by atoms with Crippen LogP contribution in [-0.4, -0.2) is 27.8 Å². The van der Waals surface area contributed by atoms with Crippen molar-refractivity contribution in [3.05, 3.63) is 10.6 Å². The van der Waals surface area contributed by atoms with E-state index < -0.39 is 0 Å². The molecule has 0 aliphatic carbocycles. The lowest BCUT2D eigenvalue weighted by Crippen LogP contribution is -2.31. The maximum atomic E-state index is 11.8. The molecule has 1 rings (SSSR count). The molecule has 1 heterocycles. The van der Waals surface area contributed by atoms with Crippen LogP contribution in [0.4, 0.5) is 0 Å². The average molecular weight is 255 g/mol. The van der Waals surface area contributed by atoms with Crippen LogP contribution in [0.5, 0.6) is 0 Å². The van der Waals surface area contributed by atoms with Crippen molar-refractivity contribution >= 4 is 23.2 Å². The molecule has 0 unspecified atom stereocenters. The number of nitrogens with one attached hydrogen (secondary N) is 1. The molecule has 0 fully saturated rings. The van der Waals surface area contributed by atoms with Crippen LogP contribution in [0, 0.1) is 5.92 Å². The SMILES string of the molecule is CC(C)C(=O)CNC(=O)c1snnc1C(C)C. The van der Waals surface area contributed by atoms with Crippen LogP contribution >= 0.6 is 11.5 Å². The first-order valence-corrected chi connectivity index (χ1v) is 6.34. The predicted octanol–water partition coefficient (Wildman–Crippen LogP) is 1.62. The van der Waals surface area contributed by atoms with Crippen LogP contribution in [0.15, 0.2) is 0 Å². The first-order chi connectivity index (χ1) is 7.93. The molecular formula is C11H17N3O2S. The molecule has 6 heteroatoms. The van der Waals surface area contributed by atoms with E-state index in [4.69, 9.17) is 0 Å². The van der Waals surface area contributed by atoms with E-state index in [1.165, 1.54) is 0 Å². The molecule has 0 radical (unpaired) electrons. The first-order valence-electron chi connectivity index (χ1n) is 5.56. The Morgan fingerprint density at radius 1 is 1.29 bits per heavy atom. The number of nitrogens with zero attached hydrogens (tertiary/aromatic N) is 2. The number of aromatic nitrogens is 2. The van der Waals surface area contributed by atoms with Crippen LogP contribution in [-0.2, 0) is 4.79 Å². The van der Waals surface area contributed by atoms with E-state index in [0.717, 1.165) is 11.5 Å². The Labute approximate surface area is 105 Å². The molecule has 0 aromatic carbocycles. The van der Waals surface area contributed by atoms with Crippen LogP contribution in [0.1, 0.15) is 49.0 Å². The van der Waals surface area contributed by atoms with Gasteiger partial charge in [-0.25, -0.2) is 0 Å². The van der Waals surface area contributed by atoms with E-state index in [2.05, 4.69) is 14.9 Å². The summed E-state index contributed by atoms with van der Waals surface area (Å²) in [6.07, 6.45) is 0. The largest absolute Gasteiger partial charge is 0.344 e. The topological polar surface area (TPSA) is 72.0 Å². The van der Waals surface area contributed by atoms with Crippen molar-refractivity contribution in [2.24, 2.45) is 5.92 Å². The molecule has 94 valence electrons. The van der Waals surface area contributed by atoms with Gasteiger partial charge in [0, 0.05) is 5.92 Å². The summed E-state index contributed by atoms with van der Waals surface area (Å²) in [5.74, 6) is -0.172. The van der Waals surface area contributed by atoms with Gasteiger partial charge in [0.05, 0.1) is 12.2 Å². The third kappa shape index (κ3) is 3.59. The van der Waals surface area contributed by atoms with Gasteiger partial charge in [0.25, 0.3) is 5.91 Å². The van der Waals surface area contributed by atoms with Crippen molar-refractivity contribution in [1.29, 1.82) is 0 Å². The van der Waals surface area contributed by atoms with Crippen LogP contribution in [0.3, 0.4) is 0 Å². The maximum Gasteiger partial charge on any atom is 0.265 e. The second-order valence-corrected chi connectivity index (χ2v) is 5.20. The lowest BCUT2D eigenvalue weighted by Gasteiger charge is -2.07. The first kappa shape index (κ1) is 13.8. The van der Waals surface area contributed by atoms with Gasteiger partial charge in [-0.15, -0.1) is 5.10 Å². The number of amides is 1. The lowest BCUT2D eigenvalue weighted by molar-refractivity contribution is -0.120. The normalized spacial score (nSPS) is 10.9. The van der Waals surface area contributed by atoms with E-state index in [-0.39, 0.29) is 30.1 Å². The third-order valence-corrected chi connectivity index (χ3v) is 3.07. The molecule has 1 aromatic rings. The van der Waals surface area contributed by atoms with E-state index in [0.29, 0.717) is 10.6 Å². The van der Waals surface area contributed by atoms with Crippen LogP contribution in [0.2, 0.25) is 0 Å². The molecule has 0 aliphatic heterocycles. The second kappa shape index (κ2) is 5.86. The summed E-state index contributed by atoms with van der Waals surface area (Å²) in [6, 6.07) is 0. The number of carbonyl (C=O) groups is 2. The van der Waals surface area contributed by atoms with Gasteiger partial charge in [-0.05, 0) is 17.5 Å². The van der Waals surface area contributed by atoms with Gasteiger partial charge in [-0.1, -0.05) is 32.2 Å². The predicted molar refractivity (Wildman–Crippen MR) is 66.2 cm³/mol. The van der Waals surface area contributed by atoms with E-state index >= 15 is 0 Å². The molecule has 0 saturated heterocycles. The Bertz CT molecular complexity index is 413. The molecule has 0 atom stereocenters. The lowest BCUT2D eigenvalue weighted by atomic mass is 10.1. The van der Waals surface area contributed by atoms with Crippen molar-refractivity contribution in [2.45, 2.75) is 33.6 Å². The van der Waals surface area contributed by atoms with Crippen molar-refractivity contribution < 1.29 is 9.59 Å². The number of hydrogen-bond acceptors (Lipinski definition) is 5. The summed E-state index contributed by atoms with van der Waals surface area (Å²) in [4.78, 5) is 23.7. The minimum absolute atomic E-state index is 0.0157. The summed E-state index contributed by atoms with van der Waals surface area (Å²) < 4.78 is 3.77. The van der Waals surface area contributed by atoms with Crippen molar-refractivity contribution in [1.82, 2.24) is 14.9 Å². The molecule has 1 amide bonds. The average Bonchev–Trinajstić information content (AvgIpc) is 2.73. The standard InChI is InChI=1S/C11H17N3O2S/c1-6(2)8(15)5-12-11(16)10-9(7(3)4)13-14-17-10/h6-7H,5H2,1-4H3,(H,12,16). The van der Waals surface area contributed by atoms with Gasteiger partial charge in [-0.2, -0.15) is 0 Å². The minimum Gasteiger partial charge on any atom is -0.344 e. The summed E-state index contributed by atoms with van der Waals surface area (Å²) in [5.41, 5.74) is 0.685. The van der Waals surface area contributed by atoms with E-state index in [9.17, 15) is 9.59 Å². The Hall–Kier alpha value is -1.30. The van der Waals surface area contributed by atoms with Crippen molar-refractivity contribution in [3.8, 4) is 0 Å².